The summed E-state index contributed by atoms with van der Waals surface area (Å²) in [5.41, 5.74) is 0.586. The SMILES string of the molecule is O=C(CN1C[CH]CC1)c1ccc(F)cc1. The van der Waals surface area contributed by atoms with Crippen LogP contribution < -0.4 is 0 Å². The first kappa shape index (κ1) is 10.3. The van der Waals surface area contributed by atoms with Crippen molar-refractivity contribution >= 4 is 5.78 Å². The molecule has 1 aliphatic rings. The maximum atomic E-state index is 12.6. The largest absolute Gasteiger partial charge is 0.296 e. The molecule has 1 aromatic carbocycles. The maximum Gasteiger partial charge on any atom is 0.176 e. The Morgan fingerprint density at radius 2 is 2.07 bits per heavy atom. The van der Waals surface area contributed by atoms with Gasteiger partial charge in [-0.3, -0.25) is 9.69 Å². The van der Waals surface area contributed by atoms with Crippen molar-refractivity contribution in [1.82, 2.24) is 4.90 Å². The number of Topliss-reactive ketones (excluding diaryl/α,β-unsaturated/α-hetero) is 1. The van der Waals surface area contributed by atoms with Gasteiger partial charge in [-0.2, -0.15) is 0 Å². The van der Waals surface area contributed by atoms with Crippen LogP contribution in [0.3, 0.4) is 0 Å². The van der Waals surface area contributed by atoms with E-state index >= 15 is 0 Å². The number of hydrogen-bond donors (Lipinski definition) is 0. The molecule has 0 N–H and O–H groups in total. The van der Waals surface area contributed by atoms with Crippen LogP contribution in [0, 0.1) is 12.2 Å². The summed E-state index contributed by atoms with van der Waals surface area (Å²) in [6.45, 7) is 2.27. The van der Waals surface area contributed by atoms with Crippen molar-refractivity contribution in [2.75, 3.05) is 19.6 Å². The van der Waals surface area contributed by atoms with Crippen LogP contribution in [-0.2, 0) is 0 Å². The van der Waals surface area contributed by atoms with Crippen molar-refractivity contribution < 1.29 is 9.18 Å². The Hall–Kier alpha value is -1.22. The highest BCUT2D eigenvalue weighted by Gasteiger charge is 2.16. The standard InChI is InChI=1S/C12H13FNO/c13-11-5-3-10(4-6-11)12(15)9-14-7-1-2-8-14/h1,3-6H,2,7-9H2. The highest BCUT2D eigenvalue weighted by atomic mass is 19.1. The molecule has 1 aromatic rings. The normalized spacial score (nSPS) is 16.9. The molecule has 0 spiro atoms. The fourth-order valence-corrected chi connectivity index (χ4v) is 1.71. The predicted octanol–water partition coefficient (Wildman–Crippen LogP) is 1.92. The van der Waals surface area contributed by atoms with Gasteiger partial charge in [-0.15, -0.1) is 0 Å². The van der Waals surface area contributed by atoms with Gasteiger partial charge in [0.2, 0.25) is 0 Å². The number of halogens is 1. The van der Waals surface area contributed by atoms with Gasteiger partial charge in [0.1, 0.15) is 5.82 Å². The minimum Gasteiger partial charge on any atom is -0.296 e. The van der Waals surface area contributed by atoms with E-state index in [-0.39, 0.29) is 11.6 Å². The van der Waals surface area contributed by atoms with Crippen LogP contribution >= 0.6 is 0 Å². The first-order chi connectivity index (χ1) is 7.25. The van der Waals surface area contributed by atoms with Crippen LogP contribution in [0.5, 0.6) is 0 Å². The summed E-state index contributed by atoms with van der Waals surface area (Å²) in [5, 5.41) is 0. The van der Waals surface area contributed by atoms with Gasteiger partial charge in [0.15, 0.2) is 5.78 Å². The predicted molar refractivity (Wildman–Crippen MR) is 56.1 cm³/mol. The Balaban J connectivity index is 1.98. The lowest BCUT2D eigenvalue weighted by Gasteiger charge is -2.12. The Kier molecular flexibility index (Phi) is 3.11. The molecule has 79 valence electrons. The summed E-state index contributed by atoms with van der Waals surface area (Å²) in [6, 6.07) is 5.72. The molecule has 2 rings (SSSR count). The Labute approximate surface area is 88.7 Å². The molecule has 0 amide bonds. The molecular formula is C12H13FNO. The molecule has 1 aliphatic heterocycles. The molecular weight excluding hydrogens is 193 g/mol. The highest BCUT2D eigenvalue weighted by molar-refractivity contribution is 5.97. The molecule has 1 radical (unpaired) electrons. The van der Waals surface area contributed by atoms with E-state index < -0.39 is 0 Å². The summed E-state index contributed by atoms with van der Waals surface area (Å²) >= 11 is 0. The summed E-state index contributed by atoms with van der Waals surface area (Å²) in [6.07, 6.45) is 3.22. The van der Waals surface area contributed by atoms with Crippen molar-refractivity contribution in [2.45, 2.75) is 6.42 Å². The molecule has 0 aromatic heterocycles. The summed E-state index contributed by atoms with van der Waals surface area (Å²) in [4.78, 5) is 13.8. The number of ketones is 1. The van der Waals surface area contributed by atoms with E-state index in [1.165, 1.54) is 24.3 Å². The van der Waals surface area contributed by atoms with Crippen molar-refractivity contribution in [3.63, 3.8) is 0 Å². The molecule has 0 aliphatic carbocycles. The third-order valence-electron chi connectivity index (χ3n) is 2.57. The Bertz CT molecular complexity index is 341. The smallest absolute Gasteiger partial charge is 0.176 e. The minimum absolute atomic E-state index is 0.0605. The van der Waals surface area contributed by atoms with Gasteiger partial charge in [-0.05, 0) is 43.7 Å². The van der Waals surface area contributed by atoms with Crippen LogP contribution in [0.25, 0.3) is 0 Å². The lowest BCUT2D eigenvalue weighted by Crippen LogP contribution is -2.26. The zero-order valence-electron chi connectivity index (χ0n) is 8.45. The van der Waals surface area contributed by atoms with Gasteiger partial charge in [0.05, 0.1) is 6.54 Å². The van der Waals surface area contributed by atoms with E-state index in [4.69, 9.17) is 0 Å². The zero-order chi connectivity index (χ0) is 10.7. The summed E-state index contributed by atoms with van der Waals surface area (Å²) < 4.78 is 12.6. The van der Waals surface area contributed by atoms with Crippen LogP contribution in [0.4, 0.5) is 4.39 Å². The minimum atomic E-state index is -0.305. The van der Waals surface area contributed by atoms with E-state index in [1.807, 2.05) is 0 Å². The third kappa shape index (κ3) is 2.63. The summed E-state index contributed by atoms with van der Waals surface area (Å²) in [7, 11) is 0. The molecule has 15 heavy (non-hydrogen) atoms. The first-order valence-electron chi connectivity index (χ1n) is 5.08. The fourth-order valence-electron chi connectivity index (χ4n) is 1.71. The number of benzene rings is 1. The van der Waals surface area contributed by atoms with Gasteiger partial charge in [0.25, 0.3) is 0 Å². The topological polar surface area (TPSA) is 20.3 Å². The second kappa shape index (κ2) is 4.53. The highest BCUT2D eigenvalue weighted by Crippen LogP contribution is 2.09. The lowest BCUT2D eigenvalue weighted by molar-refractivity contribution is 0.0946. The molecule has 1 saturated heterocycles. The molecule has 0 saturated carbocycles. The Morgan fingerprint density at radius 1 is 1.33 bits per heavy atom. The number of likely N-dealkylation sites (tertiary alicyclic amines) is 1. The molecule has 1 fully saturated rings. The lowest BCUT2D eigenvalue weighted by atomic mass is 10.1. The van der Waals surface area contributed by atoms with Gasteiger partial charge in [-0.25, -0.2) is 4.39 Å². The average molecular weight is 206 g/mol. The monoisotopic (exact) mass is 206 g/mol. The van der Waals surface area contributed by atoms with E-state index in [0.717, 1.165) is 19.5 Å². The number of rotatable bonds is 3. The van der Waals surface area contributed by atoms with Crippen molar-refractivity contribution in [3.05, 3.63) is 42.1 Å². The molecule has 3 heteroatoms. The van der Waals surface area contributed by atoms with E-state index in [1.54, 1.807) is 0 Å². The van der Waals surface area contributed by atoms with E-state index in [9.17, 15) is 9.18 Å². The van der Waals surface area contributed by atoms with Gasteiger partial charge in [-0.1, -0.05) is 0 Å². The average Bonchev–Trinajstić information content (AvgIpc) is 2.71. The first-order valence-corrected chi connectivity index (χ1v) is 5.08. The quantitative estimate of drug-likeness (QED) is 0.704. The number of carbonyl (C=O) groups excluding carboxylic acids is 1. The maximum absolute atomic E-state index is 12.6. The van der Waals surface area contributed by atoms with Crippen molar-refractivity contribution in [3.8, 4) is 0 Å². The third-order valence-corrected chi connectivity index (χ3v) is 2.57. The second-order valence-corrected chi connectivity index (χ2v) is 3.74. The van der Waals surface area contributed by atoms with Crippen LogP contribution in [0.2, 0.25) is 0 Å². The van der Waals surface area contributed by atoms with Crippen LogP contribution in [0.15, 0.2) is 24.3 Å². The van der Waals surface area contributed by atoms with Crippen LogP contribution in [0.1, 0.15) is 16.8 Å². The fraction of sp³-hybridized carbons (Fsp3) is 0.333. The van der Waals surface area contributed by atoms with Gasteiger partial charge >= 0.3 is 0 Å². The van der Waals surface area contributed by atoms with Crippen molar-refractivity contribution in [1.29, 1.82) is 0 Å². The van der Waals surface area contributed by atoms with E-state index in [2.05, 4.69) is 11.3 Å². The van der Waals surface area contributed by atoms with Crippen molar-refractivity contribution in [2.24, 2.45) is 0 Å². The molecule has 0 atom stereocenters. The van der Waals surface area contributed by atoms with Gasteiger partial charge < -0.3 is 0 Å². The Morgan fingerprint density at radius 3 is 2.67 bits per heavy atom. The second-order valence-electron chi connectivity index (χ2n) is 3.74. The van der Waals surface area contributed by atoms with E-state index in [0.29, 0.717) is 12.1 Å². The van der Waals surface area contributed by atoms with Crippen LogP contribution in [-0.4, -0.2) is 30.3 Å². The zero-order valence-corrected chi connectivity index (χ0v) is 8.45. The molecule has 1 heterocycles. The molecule has 2 nitrogen and oxygen atoms in total. The molecule has 0 unspecified atom stereocenters. The number of hydrogen-bond acceptors (Lipinski definition) is 2. The number of nitrogens with zero attached hydrogens (tertiary/aromatic N) is 1. The summed E-state index contributed by atoms with van der Waals surface area (Å²) in [5.74, 6) is -0.244. The number of carbonyl (C=O) groups is 1. The molecule has 0 bridgehead atoms. The van der Waals surface area contributed by atoms with Gasteiger partial charge in [0, 0.05) is 12.1 Å².